The molecule has 0 aromatic carbocycles. The molecule has 2 aromatic rings. The van der Waals surface area contributed by atoms with Crippen molar-refractivity contribution in [2.75, 3.05) is 19.0 Å². The first-order valence-corrected chi connectivity index (χ1v) is 9.81. The molecule has 10 nitrogen and oxygen atoms in total. The van der Waals surface area contributed by atoms with Gasteiger partial charge in [0, 0.05) is 36.9 Å². The number of nitrogens with one attached hydrogen (secondary N) is 3. The van der Waals surface area contributed by atoms with Crippen LogP contribution in [0.25, 0.3) is 0 Å². The molecule has 0 saturated heterocycles. The van der Waals surface area contributed by atoms with Crippen molar-refractivity contribution in [3.8, 4) is 0 Å². The summed E-state index contributed by atoms with van der Waals surface area (Å²) in [6, 6.07) is 5.05. The molecule has 10 heteroatoms. The van der Waals surface area contributed by atoms with Crippen molar-refractivity contribution in [1.29, 1.82) is 0 Å². The highest BCUT2D eigenvalue weighted by atomic mass is 16.6. The lowest BCUT2D eigenvalue weighted by Crippen LogP contribution is -2.33. The summed E-state index contributed by atoms with van der Waals surface area (Å²) < 4.78 is 11.8. The predicted octanol–water partition coefficient (Wildman–Crippen LogP) is 2.13. The Kier molecular flexibility index (Phi) is 6.86. The third-order valence-electron chi connectivity index (χ3n) is 4.73. The first-order valence-electron chi connectivity index (χ1n) is 9.81. The Morgan fingerprint density at radius 3 is 2.93 bits per heavy atom. The topological polar surface area (TPSA) is 123 Å². The number of ether oxygens (including phenoxy) is 2. The quantitative estimate of drug-likeness (QED) is 0.616. The second-order valence-electron chi connectivity index (χ2n) is 7.44. The zero-order valence-electron chi connectivity index (χ0n) is 17.0. The lowest BCUT2D eigenvalue weighted by Gasteiger charge is -2.14. The van der Waals surface area contributed by atoms with E-state index < -0.39 is 0 Å². The molecular weight excluding hydrogens is 376 g/mol. The van der Waals surface area contributed by atoms with Gasteiger partial charge in [0.2, 0.25) is 0 Å². The summed E-state index contributed by atoms with van der Waals surface area (Å²) in [5.74, 6) is 1.39. The van der Waals surface area contributed by atoms with Crippen LogP contribution in [0, 0.1) is 0 Å². The molecule has 0 bridgehead atoms. The molecule has 29 heavy (non-hydrogen) atoms. The number of hydrogen-bond acceptors (Lipinski definition) is 7. The molecule has 158 valence electrons. The number of carbonyl (C=O) groups is 1. The van der Waals surface area contributed by atoms with Crippen molar-refractivity contribution in [3.05, 3.63) is 34.2 Å². The van der Waals surface area contributed by atoms with E-state index in [0.29, 0.717) is 24.8 Å². The maximum Gasteiger partial charge on any atom is 0.407 e. The summed E-state index contributed by atoms with van der Waals surface area (Å²) in [5.41, 5.74) is 0.796. The number of alkyl carbamates (subject to hydrolysis) is 1. The van der Waals surface area contributed by atoms with Crippen LogP contribution in [0.4, 0.5) is 16.4 Å². The van der Waals surface area contributed by atoms with Crippen molar-refractivity contribution < 1.29 is 14.3 Å². The van der Waals surface area contributed by atoms with Crippen molar-refractivity contribution in [2.45, 2.75) is 57.7 Å². The van der Waals surface area contributed by atoms with Gasteiger partial charge in [0.15, 0.2) is 11.6 Å². The van der Waals surface area contributed by atoms with Crippen LogP contribution in [0.5, 0.6) is 0 Å². The Morgan fingerprint density at radius 1 is 1.34 bits per heavy atom. The van der Waals surface area contributed by atoms with E-state index in [4.69, 9.17) is 9.47 Å². The van der Waals surface area contributed by atoms with Crippen LogP contribution in [-0.2, 0) is 16.0 Å². The van der Waals surface area contributed by atoms with Crippen LogP contribution in [0.3, 0.4) is 0 Å². The normalized spacial score (nSPS) is 18.8. The minimum Gasteiger partial charge on any atom is -0.446 e. The SMILES string of the molecule is COCCn1nc(Nc2cc(C3CCC(OC(=O)NC(C)C)C3)[nH]n2)ccc1=O. The Bertz CT molecular complexity index is 878. The molecule has 1 saturated carbocycles. The molecule has 1 fully saturated rings. The number of aromatic amines is 1. The lowest BCUT2D eigenvalue weighted by molar-refractivity contribution is 0.0981. The smallest absolute Gasteiger partial charge is 0.407 e. The molecule has 2 atom stereocenters. The zero-order chi connectivity index (χ0) is 20.8. The number of nitrogens with zero attached hydrogens (tertiary/aromatic N) is 3. The molecule has 0 radical (unpaired) electrons. The fraction of sp³-hybridized carbons (Fsp3) is 0.579. The van der Waals surface area contributed by atoms with Gasteiger partial charge in [-0.1, -0.05) is 0 Å². The highest BCUT2D eigenvalue weighted by molar-refractivity contribution is 5.67. The standard InChI is InChI=1S/C19H28N6O4/c1-12(2)20-19(27)29-14-5-4-13(10-14)15-11-17(23-22-15)21-16-6-7-18(26)25(24-16)8-9-28-3/h6-7,11-14H,4-5,8-10H2,1-3H3,(H,20,27)(H2,21,22,23,24). The number of methoxy groups -OCH3 is 1. The fourth-order valence-electron chi connectivity index (χ4n) is 3.35. The van der Waals surface area contributed by atoms with Crippen LogP contribution in [0.1, 0.15) is 44.7 Å². The summed E-state index contributed by atoms with van der Waals surface area (Å²) in [6.07, 6.45) is 2.04. The Labute approximate surface area is 169 Å². The molecule has 2 unspecified atom stereocenters. The minimum atomic E-state index is -0.368. The summed E-state index contributed by atoms with van der Waals surface area (Å²) in [4.78, 5) is 23.6. The molecule has 3 rings (SSSR count). The second-order valence-corrected chi connectivity index (χ2v) is 7.44. The van der Waals surface area contributed by atoms with E-state index in [1.807, 2.05) is 19.9 Å². The van der Waals surface area contributed by atoms with Gasteiger partial charge in [-0.3, -0.25) is 9.89 Å². The second kappa shape index (κ2) is 9.55. The molecule has 1 amide bonds. The van der Waals surface area contributed by atoms with Gasteiger partial charge in [-0.25, -0.2) is 9.48 Å². The van der Waals surface area contributed by atoms with E-state index in [9.17, 15) is 9.59 Å². The number of hydrogen-bond donors (Lipinski definition) is 3. The highest BCUT2D eigenvalue weighted by Gasteiger charge is 2.30. The summed E-state index contributed by atoms with van der Waals surface area (Å²) in [5, 5.41) is 17.5. The molecule has 2 heterocycles. The van der Waals surface area contributed by atoms with Gasteiger partial charge in [0.25, 0.3) is 5.56 Å². The molecule has 1 aliphatic rings. The number of amides is 1. The average Bonchev–Trinajstić information content (AvgIpc) is 3.31. The van der Waals surface area contributed by atoms with E-state index in [1.165, 1.54) is 10.7 Å². The van der Waals surface area contributed by atoms with Crippen molar-refractivity contribution in [3.63, 3.8) is 0 Å². The van der Waals surface area contributed by atoms with Crippen molar-refractivity contribution in [2.24, 2.45) is 0 Å². The predicted molar refractivity (Wildman–Crippen MR) is 107 cm³/mol. The lowest BCUT2D eigenvalue weighted by atomic mass is 10.0. The van der Waals surface area contributed by atoms with Crippen molar-refractivity contribution in [1.82, 2.24) is 25.3 Å². The summed E-state index contributed by atoms with van der Waals surface area (Å²) in [7, 11) is 1.58. The largest absolute Gasteiger partial charge is 0.446 e. The van der Waals surface area contributed by atoms with Crippen LogP contribution in [0.15, 0.2) is 23.0 Å². The first kappa shape index (κ1) is 20.8. The number of rotatable bonds is 8. The van der Waals surface area contributed by atoms with Gasteiger partial charge in [0.05, 0.1) is 13.2 Å². The van der Waals surface area contributed by atoms with E-state index in [-0.39, 0.29) is 29.7 Å². The van der Waals surface area contributed by atoms with E-state index >= 15 is 0 Å². The van der Waals surface area contributed by atoms with Gasteiger partial charge in [-0.05, 0) is 39.2 Å². The van der Waals surface area contributed by atoms with Gasteiger partial charge < -0.3 is 20.1 Å². The van der Waals surface area contributed by atoms with Gasteiger partial charge >= 0.3 is 6.09 Å². The third-order valence-corrected chi connectivity index (χ3v) is 4.73. The van der Waals surface area contributed by atoms with E-state index in [1.54, 1.807) is 13.2 Å². The van der Waals surface area contributed by atoms with Crippen LogP contribution < -0.4 is 16.2 Å². The van der Waals surface area contributed by atoms with Crippen LogP contribution >= 0.6 is 0 Å². The summed E-state index contributed by atoms with van der Waals surface area (Å²) >= 11 is 0. The maximum atomic E-state index is 11.8. The molecule has 0 aliphatic heterocycles. The maximum absolute atomic E-state index is 11.8. The fourth-order valence-corrected chi connectivity index (χ4v) is 3.35. The molecule has 1 aliphatic carbocycles. The summed E-state index contributed by atoms with van der Waals surface area (Å²) in [6.45, 7) is 4.58. The number of anilines is 2. The van der Waals surface area contributed by atoms with Crippen LogP contribution in [0.2, 0.25) is 0 Å². The molecule has 2 aromatic heterocycles. The van der Waals surface area contributed by atoms with Crippen LogP contribution in [-0.4, -0.2) is 51.9 Å². The zero-order valence-corrected chi connectivity index (χ0v) is 17.0. The highest BCUT2D eigenvalue weighted by Crippen LogP contribution is 2.36. The average molecular weight is 404 g/mol. The molecule has 0 spiro atoms. The number of carbonyl (C=O) groups excluding carboxylic acids is 1. The third kappa shape index (κ3) is 5.80. The Morgan fingerprint density at radius 2 is 2.17 bits per heavy atom. The van der Waals surface area contributed by atoms with E-state index in [0.717, 1.165) is 25.0 Å². The Hall–Kier alpha value is -2.88. The van der Waals surface area contributed by atoms with Gasteiger partial charge in [0.1, 0.15) is 6.10 Å². The monoisotopic (exact) mass is 404 g/mol. The van der Waals surface area contributed by atoms with E-state index in [2.05, 4.69) is 25.9 Å². The molecular formula is C19H28N6O4. The number of H-pyrrole nitrogens is 1. The van der Waals surface area contributed by atoms with Crippen molar-refractivity contribution >= 4 is 17.7 Å². The number of aromatic nitrogens is 4. The minimum absolute atomic E-state index is 0.0541. The Balaban J connectivity index is 1.57. The first-order chi connectivity index (χ1) is 13.9. The van der Waals surface area contributed by atoms with Gasteiger partial charge in [-0.15, -0.1) is 0 Å². The van der Waals surface area contributed by atoms with Gasteiger partial charge in [-0.2, -0.15) is 10.2 Å². The molecule has 3 N–H and O–H groups in total.